The predicted molar refractivity (Wildman–Crippen MR) is 147 cm³/mol. The number of halogens is 1. The molecule has 0 aliphatic rings. The Hall–Kier alpha value is -2.47. The van der Waals surface area contributed by atoms with Crippen LogP contribution in [-0.4, -0.2) is 32.4 Å². The molecule has 186 valence electrons. The SMILES string of the molecule is CCN(CC)c1ccc(/C=C/CC(C)(CC)c2cc(Br)ccc2NC)c(OC(=O)OC(C)C)c1. The van der Waals surface area contributed by atoms with Gasteiger partial charge in [0.05, 0.1) is 6.10 Å². The Labute approximate surface area is 213 Å². The summed E-state index contributed by atoms with van der Waals surface area (Å²) < 4.78 is 11.9. The zero-order chi connectivity index (χ0) is 25.3. The number of nitrogens with zero attached hydrogens (tertiary/aromatic N) is 1. The van der Waals surface area contributed by atoms with Crippen LogP contribution in [0.5, 0.6) is 5.75 Å². The molecular formula is C28H39BrN2O3. The van der Waals surface area contributed by atoms with E-state index in [0.29, 0.717) is 5.75 Å². The molecule has 0 saturated carbocycles. The highest BCUT2D eigenvalue weighted by molar-refractivity contribution is 9.10. The van der Waals surface area contributed by atoms with Crippen LogP contribution in [0.15, 0.2) is 46.9 Å². The van der Waals surface area contributed by atoms with Gasteiger partial charge in [0.1, 0.15) is 5.75 Å². The molecular weight excluding hydrogens is 492 g/mol. The molecule has 2 rings (SSSR count). The van der Waals surface area contributed by atoms with Crippen molar-refractivity contribution in [2.75, 3.05) is 30.4 Å². The maximum absolute atomic E-state index is 12.3. The Morgan fingerprint density at radius 2 is 1.85 bits per heavy atom. The number of carbonyl (C=O) groups is 1. The van der Waals surface area contributed by atoms with Crippen LogP contribution in [-0.2, 0) is 10.2 Å². The molecule has 1 N–H and O–H groups in total. The molecule has 0 saturated heterocycles. The van der Waals surface area contributed by atoms with Crippen molar-refractivity contribution < 1.29 is 14.3 Å². The molecule has 2 aromatic rings. The zero-order valence-electron chi connectivity index (χ0n) is 21.6. The van der Waals surface area contributed by atoms with Crippen LogP contribution in [0.3, 0.4) is 0 Å². The van der Waals surface area contributed by atoms with Gasteiger partial charge in [0.15, 0.2) is 0 Å². The Balaban J connectivity index is 2.37. The van der Waals surface area contributed by atoms with E-state index in [-0.39, 0.29) is 11.5 Å². The average molecular weight is 532 g/mol. The Morgan fingerprint density at radius 3 is 2.44 bits per heavy atom. The quantitative estimate of drug-likeness (QED) is 0.235. The highest BCUT2D eigenvalue weighted by Gasteiger charge is 2.26. The second-order valence-corrected chi connectivity index (χ2v) is 9.79. The first kappa shape index (κ1) is 27.8. The molecule has 2 aromatic carbocycles. The topological polar surface area (TPSA) is 50.8 Å². The highest BCUT2D eigenvalue weighted by Crippen LogP contribution is 2.38. The summed E-state index contributed by atoms with van der Waals surface area (Å²) in [6, 6.07) is 12.3. The zero-order valence-corrected chi connectivity index (χ0v) is 23.2. The molecule has 6 heteroatoms. The van der Waals surface area contributed by atoms with Crippen LogP contribution in [0.2, 0.25) is 0 Å². The van der Waals surface area contributed by atoms with E-state index in [2.05, 4.69) is 84.2 Å². The van der Waals surface area contributed by atoms with E-state index >= 15 is 0 Å². The average Bonchev–Trinajstić information content (AvgIpc) is 2.80. The maximum Gasteiger partial charge on any atom is 0.514 e. The summed E-state index contributed by atoms with van der Waals surface area (Å²) in [5.41, 5.74) is 4.20. The van der Waals surface area contributed by atoms with E-state index in [1.165, 1.54) is 5.56 Å². The van der Waals surface area contributed by atoms with Crippen molar-refractivity contribution in [3.05, 3.63) is 58.1 Å². The number of anilines is 2. The third-order valence-electron chi connectivity index (χ3n) is 6.20. The van der Waals surface area contributed by atoms with Gasteiger partial charge in [-0.2, -0.15) is 0 Å². The van der Waals surface area contributed by atoms with Gasteiger partial charge in [0.2, 0.25) is 0 Å². The Bertz CT molecular complexity index is 986. The molecule has 0 spiro atoms. The molecule has 1 unspecified atom stereocenters. The molecule has 0 radical (unpaired) electrons. The number of allylic oxidation sites excluding steroid dienone is 1. The third-order valence-corrected chi connectivity index (χ3v) is 6.69. The largest absolute Gasteiger partial charge is 0.514 e. The van der Waals surface area contributed by atoms with Gasteiger partial charge in [-0.3, -0.25) is 0 Å². The molecule has 0 fully saturated rings. The van der Waals surface area contributed by atoms with Crippen molar-refractivity contribution in [1.29, 1.82) is 0 Å². The molecule has 0 heterocycles. The first-order valence-electron chi connectivity index (χ1n) is 12.1. The number of hydrogen-bond acceptors (Lipinski definition) is 5. The number of nitrogens with one attached hydrogen (secondary N) is 1. The van der Waals surface area contributed by atoms with E-state index in [1.807, 2.05) is 25.3 Å². The molecule has 0 aromatic heterocycles. The number of rotatable bonds is 11. The Kier molecular flexibility index (Phi) is 10.5. The van der Waals surface area contributed by atoms with Crippen LogP contribution in [0.1, 0.15) is 65.5 Å². The normalized spacial score (nSPS) is 13.1. The third kappa shape index (κ3) is 7.26. The summed E-state index contributed by atoms with van der Waals surface area (Å²) in [4.78, 5) is 14.5. The van der Waals surface area contributed by atoms with E-state index in [4.69, 9.17) is 9.47 Å². The van der Waals surface area contributed by atoms with Gasteiger partial charge in [-0.05, 0) is 81.8 Å². The fraction of sp³-hybridized carbons (Fsp3) is 0.464. The first-order chi connectivity index (χ1) is 16.2. The maximum atomic E-state index is 12.3. The lowest BCUT2D eigenvalue weighted by atomic mass is 9.76. The minimum atomic E-state index is -0.687. The minimum absolute atomic E-state index is 0.0582. The first-order valence-corrected chi connectivity index (χ1v) is 12.9. The molecule has 1 atom stereocenters. The van der Waals surface area contributed by atoms with Gasteiger partial charge >= 0.3 is 6.16 Å². The molecule has 5 nitrogen and oxygen atoms in total. The summed E-state index contributed by atoms with van der Waals surface area (Å²) in [7, 11) is 1.95. The van der Waals surface area contributed by atoms with Crippen molar-refractivity contribution in [3.8, 4) is 5.75 Å². The standard InChI is InChI=1S/C28H39BrN2O3/c1-8-28(6,24-18-22(29)14-16-25(24)30-7)17-11-12-21-13-15-23(31(9-2)10-3)19-26(21)34-27(32)33-20(4)5/h11-16,18-20,30H,8-10,17H2,1-7H3/b12-11+. The Morgan fingerprint density at radius 1 is 1.15 bits per heavy atom. The predicted octanol–water partition coefficient (Wildman–Crippen LogP) is 8.03. The fourth-order valence-electron chi connectivity index (χ4n) is 3.97. The van der Waals surface area contributed by atoms with Gasteiger partial charge in [-0.15, -0.1) is 0 Å². The lowest BCUT2D eigenvalue weighted by Crippen LogP contribution is -2.22. The second kappa shape index (κ2) is 12.8. The van der Waals surface area contributed by atoms with Crippen molar-refractivity contribution in [3.63, 3.8) is 0 Å². The van der Waals surface area contributed by atoms with Gasteiger partial charge in [0.25, 0.3) is 0 Å². The molecule has 0 aliphatic heterocycles. The summed E-state index contributed by atoms with van der Waals surface area (Å²) in [6.45, 7) is 14.1. The molecule has 0 amide bonds. The summed E-state index contributed by atoms with van der Waals surface area (Å²) in [5, 5.41) is 3.32. The van der Waals surface area contributed by atoms with Gasteiger partial charge in [-0.1, -0.05) is 41.9 Å². The van der Waals surface area contributed by atoms with Crippen molar-refractivity contribution >= 4 is 39.5 Å². The fourth-order valence-corrected chi connectivity index (χ4v) is 4.33. The number of hydrogen-bond donors (Lipinski definition) is 1. The van der Waals surface area contributed by atoms with Crippen LogP contribution in [0.4, 0.5) is 16.2 Å². The van der Waals surface area contributed by atoms with E-state index < -0.39 is 6.16 Å². The smallest absolute Gasteiger partial charge is 0.431 e. The summed E-state index contributed by atoms with van der Waals surface area (Å²) in [5.74, 6) is 0.503. The van der Waals surface area contributed by atoms with E-state index in [1.54, 1.807) is 13.8 Å². The number of ether oxygens (including phenoxy) is 2. The molecule has 0 aliphatic carbocycles. The lowest BCUT2D eigenvalue weighted by molar-refractivity contribution is 0.0728. The van der Waals surface area contributed by atoms with E-state index in [9.17, 15) is 4.79 Å². The second-order valence-electron chi connectivity index (χ2n) is 8.87. The van der Waals surface area contributed by atoms with Gasteiger partial charge in [0, 0.05) is 47.6 Å². The van der Waals surface area contributed by atoms with Crippen LogP contribution < -0.4 is 15.0 Å². The summed E-state index contributed by atoms with van der Waals surface area (Å²) >= 11 is 3.62. The summed E-state index contributed by atoms with van der Waals surface area (Å²) in [6.07, 6.45) is 5.09. The van der Waals surface area contributed by atoms with Crippen LogP contribution >= 0.6 is 15.9 Å². The van der Waals surface area contributed by atoms with Gasteiger partial charge in [-0.25, -0.2) is 4.79 Å². The highest BCUT2D eigenvalue weighted by atomic mass is 79.9. The molecule has 0 bridgehead atoms. The lowest BCUT2D eigenvalue weighted by Gasteiger charge is -2.30. The number of carbonyl (C=O) groups excluding carboxylic acids is 1. The molecule has 34 heavy (non-hydrogen) atoms. The number of benzene rings is 2. The van der Waals surface area contributed by atoms with Crippen LogP contribution in [0.25, 0.3) is 6.08 Å². The van der Waals surface area contributed by atoms with E-state index in [0.717, 1.165) is 47.3 Å². The van der Waals surface area contributed by atoms with Crippen molar-refractivity contribution in [2.45, 2.75) is 65.9 Å². The van der Waals surface area contributed by atoms with Crippen molar-refractivity contribution in [1.82, 2.24) is 0 Å². The van der Waals surface area contributed by atoms with Crippen LogP contribution in [0, 0.1) is 0 Å². The monoisotopic (exact) mass is 530 g/mol. The minimum Gasteiger partial charge on any atom is -0.431 e. The van der Waals surface area contributed by atoms with Gasteiger partial charge < -0.3 is 19.7 Å². The van der Waals surface area contributed by atoms with Crippen molar-refractivity contribution in [2.24, 2.45) is 0 Å².